The first-order valence-corrected chi connectivity index (χ1v) is 26.8. The van der Waals surface area contributed by atoms with Crippen LogP contribution in [-0.2, 0) is 55.1 Å². The van der Waals surface area contributed by atoms with Gasteiger partial charge >= 0.3 is 12.4 Å². The molecule has 0 saturated heterocycles. The fourth-order valence-corrected chi connectivity index (χ4v) is 10.2. The number of rotatable bonds is 16. The summed E-state index contributed by atoms with van der Waals surface area (Å²) in [7, 11) is -3.89. The standard InChI is InChI=1S/2C26H23F4N5O5S/c2*1-14(23(36)31-2)12-35-13-33-21-7-4-15(8-18(21)25(35)37)16-9-22(24(40-3)32-11-16)34-41(38,39)17-5-6-20(27)19(10-17)26(28,29)30/h2*4-11,13-14,34H,12H2,1-3H3,(H,31,36)/t2*14-/m10/s1. The number of anilines is 2. The Morgan fingerprint density at radius 1 is 0.549 bits per heavy atom. The molecule has 0 saturated carbocycles. The first-order chi connectivity index (χ1) is 38.5. The first-order valence-electron chi connectivity index (χ1n) is 23.8. The number of hydrogen-bond acceptors (Lipinski definition) is 14. The number of sulfonamides is 2. The minimum Gasteiger partial charge on any atom is -0.480 e. The lowest BCUT2D eigenvalue weighted by molar-refractivity contribution is -0.141. The monoisotopic (exact) mass is 1190 g/mol. The second kappa shape index (κ2) is 24.0. The van der Waals surface area contributed by atoms with Crippen LogP contribution >= 0.6 is 0 Å². The number of nitrogens with one attached hydrogen (secondary N) is 4. The Kier molecular flexibility index (Phi) is 17.7. The third kappa shape index (κ3) is 13.4. The van der Waals surface area contributed by atoms with Gasteiger partial charge in [-0.05, 0) is 83.9 Å². The van der Waals surface area contributed by atoms with Crippen LogP contribution in [0.3, 0.4) is 0 Å². The highest BCUT2D eigenvalue weighted by Gasteiger charge is 2.37. The molecule has 0 radical (unpaired) electrons. The summed E-state index contributed by atoms with van der Waals surface area (Å²) >= 11 is 0. The fraction of sp³-hybridized carbons (Fsp3) is 0.231. The van der Waals surface area contributed by atoms with E-state index in [1.54, 1.807) is 38.1 Å². The van der Waals surface area contributed by atoms with E-state index in [0.29, 0.717) is 57.6 Å². The molecule has 30 heteroatoms. The van der Waals surface area contributed by atoms with E-state index in [1.165, 1.54) is 86.8 Å². The smallest absolute Gasteiger partial charge is 0.419 e. The predicted molar refractivity (Wildman–Crippen MR) is 282 cm³/mol. The molecule has 4 N–H and O–H groups in total. The SMILES string of the molecule is CNC(=O)[C@@H](C)Cn1cnc2ccc(-c3cnc(OC)c(NS(=O)(=O)c4ccc(F)c(C(F)(F)F)c4)c3)cc2c1=O.CNC(=O)[C@H](C)Cn1cnc2ccc(-c3cnc(OC)c(NS(=O)(=O)c4ccc(F)c(C(F)(F)F)c4)c3)cc2c1=O. The van der Waals surface area contributed by atoms with E-state index >= 15 is 0 Å². The molecule has 8 aromatic rings. The number of carbonyl (C=O) groups excluding carboxylic acids is 2. The number of fused-ring (bicyclic) bond motifs is 2. The molecule has 4 heterocycles. The van der Waals surface area contributed by atoms with E-state index in [1.807, 2.05) is 0 Å². The van der Waals surface area contributed by atoms with Gasteiger partial charge in [-0.3, -0.25) is 37.8 Å². The Hall–Kier alpha value is -9.06. The van der Waals surface area contributed by atoms with Gasteiger partial charge < -0.3 is 20.1 Å². The second-order valence-corrected chi connectivity index (χ2v) is 21.3. The van der Waals surface area contributed by atoms with Crippen molar-refractivity contribution in [2.75, 3.05) is 37.8 Å². The molecule has 0 bridgehead atoms. The largest absolute Gasteiger partial charge is 0.480 e. The summed E-state index contributed by atoms with van der Waals surface area (Å²) in [6.07, 6.45) is -4.85. The van der Waals surface area contributed by atoms with Gasteiger partial charge in [0.05, 0.1) is 81.4 Å². The number of halogens is 8. The summed E-state index contributed by atoms with van der Waals surface area (Å²) in [5, 5.41) is 5.48. The molecule has 8 rings (SSSR count). The fourth-order valence-electron chi connectivity index (χ4n) is 8.06. The number of pyridine rings is 2. The van der Waals surface area contributed by atoms with Gasteiger partial charge in [-0.2, -0.15) is 26.3 Å². The Morgan fingerprint density at radius 3 is 1.24 bits per heavy atom. The average molecular weight is 1190 g/mol. The van der Waals surface area contributed by atoms with Crippen molar-refractivity contribution in [2.45, 2.75) is 49.1 Å². The molecule has 0 spiro atoms. The molecule has 4 aromatic carbocycles. The van der Waals surface area contributed by atoms with Crippen LogP contribution in [0, 0.1) is 23.5 Å². The Labute approximate surface area is 460 Å². The Bertz CT molecular complexity index is 3880. The van der Waals surface area contributed by atoms with Crippen LogP contribution in [0.2, 0.25) is 0 Å². The van der Waals surface area contributed by atoms with Crippen LogP contribution in [0.15, 0.2) is 129 Å². The molecule has 0 aliphatic carbocycles. The number of benzene rings is 4. The van der Waals surface area contributed by atoms with Crippen LogP contribution in [-0.4, -0.2) is 86.0 Å². The quantitative estimate of drug-likeness (QED) is 0.0679. The molecular formula is C52H46F8N10O10S2. The Balaban J connectivity index is 0.000000236. The van der Waals surface area contributed by atoms with Crippen molar-refractivity contribution in [3.05, 3.63) is 153 Å². The number of ether oxygens (including phenoxy) is 2. The zero-order valence-corrected chi connectivity index (χ0v) is 45.2. The lowest BCUT2D eigenvalue weighted by Gasteiger charge is -2.15. The van der Waals surface area contributed by atoms with Gasteiger partial charge in [0.25, 0.3) is 31.2 Å². The van der Waals surface area contributed by atoms with E-state index < -0.39 is 87.9 Å². The van der Waals surface area contributed by atoms with Crippen LogP contribution in [0.25, 0.3) is 44.1 Å². The van der Waals surface area contributed by atoms with Gasteiger partial charge in [0.15, 0.2) is 0 Å². The van der Waals surface area contributed by atoms with Gasteiger partial charge in [0.2, 0.25) is 23.6 Å². The van der Waals surface area contributed by atoms with Crippen molar-refractivity contribution in [3.8, 4) is 34.0 Å². The predicted octanol–water partition coefficient (Wildman–Crippen LogP) is 7.62. The molecule has 2 atom stereocenters. The van der Waals surface area contributed by atoms with Crippen molar-refractivity contribution in [1.29, 1.82) is 0 Å². The zero-order valence-electron chi connectivity index (χ0n) is 43.6. The summed E-state index contributed by atoms with van der Waals surface area (Å²) < 4.78 is 175. The summed E-state index contributed by atoms with van der Waals surface area (Å²) in [6, 6.07) is 14.6. The van der Waals surface area contributed by atoms with E-state index in [0.717, 1.165) is 0 Å². The van der Waals surface area contributed by atoms with Crippen molar-refractivity contribution >= 4 is 65.0 Å². The average Bonchev–Trinajstić information content (AvgIpc) is 3.56. The Morgan fingerprint density at radius 2 is 0.915 bits per heavy atom. The number of methoxy groups -OCH3 is 2. The maximum absolute atomic E-state index is 13.7. The zero-order chi connectivity index (χ0) is 60.2. The summed E-state index contributed by atoms with van der Waals surface area (Å²) in [5.41, 5.74) is -2.45. The van der Waals surface area contributed by atoms with Crippen LogP contribution in [0.4, 0.5) is 46.5 Å². The van der Waals surface area contributed by atoms with Crippen LogP contribution < -0.4 is 40.7 Å². The van der Waals surface area contributed by atoms with E-state index in [4.69, 9.17) is 9.47 Å². The highest BCUT2D eigenvalue weighted by atomic mass is 32.2. The maximum Gasteiger partial charge on any atom is 0.419 e. The second-order valence-electron chi connectivity index (χ2n) is 18.0. The number of hydrogen-bond donors (Lipinski definition) is 4. The molecule has 2 amide bonds. The maximum atomic E-state index is 13.7. The molecule has 0 unspecified atom stereocenters. The van der Waals surface area contributed by atoms with Crippen molar-refractivity contribution in [2.24, 2.45) is 11.8 Å². The van der Waals surface area contributed by atoms with Crippen molar-refractivity contribution in [3.63, 3.8) is 0 Å². The van der Waals surface area contributed by atoms with Crippen LogP contribution in [0.1, 0.15) is 25.0 Å². The van der Waals surface area contributed by atoms with Gasteiger partial charge in [0.1, 0.15) is 23.0 Å². The minimum atomic E-state index is -5.11. The van der Waals surface area contributed by atoms with Crippen molar-refractivity contribution in [1.82, 2.24) is 39.7 Å². The molecule has 4 aromatic heterocycles. The molecule has 0 aliphatic rings. The van der Waals surface area contributed by atoms with Gasteiger partial charge in [-0.15, -0.1) is 0 Å². The number of carbonyl (C=O) groups is 2. The molecule has 0 fully saturated rings. The number of amides is 2. The van der Waals surface area contributed by atoms with E-state index in [9.17, 15) is 71.1 Å². The lowest BCUT2D eigenvalue weighted by atomic mass is 10.0. The summed E-state index contributed by atoms with van der Waals surface area (Å²) in [4.78, 5) is 65.1. The topological polar surface area (TPSA) is 265 Å². The number of aromatic nitrogens is 6. The minimum absolute atomic E-state index is 0.0845. The highest BCUT2D eigenvalue weighted by Crippen LogP contribution is 2.37. The molecule has 0 aliphatic heterocycles. The van der Waals surface area contributed by atoms with Gasteiger partial charge in [0, 0.05) is 50.7 Å². The summed E-state index contributed by atoms with van der Waals surface area (Å²) in [6.45, 7) is 3.49. The lowest BCUT2D eigenvalue weighted by Crippen LogP contribution is -2.32. The third-order valence-electron chi connectivity index (χ3n) is 12.3. The molecule has 82 heavy (non-hydrogen) atoms. The van der Waals surface area contributed by atoms with Gasteiger partial charge in [-0.1, -0.05) is 26.0 Å². The van der Waals surface area contributed by atoms with Crippen LogP contribution in [0.5, 0.6) is 11.8 Å². The number of nitrogens with zero attached hydrogens (tertiary/aromatic N) is 6. The van der Waals surface area contributed by atoms with Crippen molar-refractivity contribution < 1.29 is 71.0 Å². The molecule has 432 valence electrons. The third-order valence-corrected chi connectivity index (χ3v) is 15.1. The first kappa shape index (κ1) is 60.6. The normalized spacial score (nSPS) is 12.7. The van der Waals surface area contributed by atoms with E-state index in [-0.39, 0.29) is 70.9 Å². The number of alkyl halides is 6. The summed E-state index contributed by atoms with van der Waals surface area (Å²) in [5.74, 6) is -5.13. The molecular weight excluding hydrogens is 1140 g/mol. The highest BCUT2D eigenvalue weighted by molar-refractivity contribution is 7.93. The van der Waals surface area contributed by atoms with E-state index in [2.05, 4.69) is 40.0 Å². The molecule has 20 nitrogen and oxygen atoms in total. The van der Waals surface area contributed by atoms with Gasteiger partial charge in [-0.25, -0.2) is 45.6 Å².